The molecule has 1 spiro atoms. The van der Waals surface area contributed by atoms with Crippen molar-refractivity contribution in [2.45, 2.75) is 37.7 Å². The molecule has 1 saturated heterocycles. The molecule has 11 heavy (non-hydrogen) atoms. The number of hydrogen-bond donors (Lipinski definition) is 0. The Bertz CT molecular complexity index is 122. The molecule has 0 amide bonds. The molecule has 1 heterocycles. The van der Waals surface area contributed by atoms with Gasteiger partial charge in [0.2, 0.25) is 0 Å². The zero-order valence-electron chi connectivity index (χ0n) is 6.97. The van der Waals surface area contributed by atoms with Crippen LogP contribution in [0.15, 0.2) is 0 Å². The van der Waals surface area contributed by atoms with Crippen molar-refractivity contribution < 1.29 is 4.74 Å². The molecule has 2 fully saturated rings. The van der Waals surface area contributed by atoms with Gasteiger partial charge in [-0.25, -0.2) is 0 Å². The van der Waals surface area contributed by atoms with E-state index in [9.17, 15) is 0 Å². The van der Waals surface area contributed by atoms with E-state index in [1.807, 2.05) is 0 Å². The molecule has 64 valence electrons. The molecule has 2 aliphatic rings. The van der Waals surface area contributed by atoms with Crippen molar-refractivity contribution in [3.8, 4) is 0 Å². The molecule has 1 aliphatic carbocycles. The van der Waals surface area contributed by atoms with Gasteiger partial charge in [-0.05, 0) is 37.9 Å². The third-order valence-electron chi connectivity index (χ3n) is 2.72. The first-order valence-electron chi connectivity index (χ1n) is 4.63. The first-order chi connectivity index (χ1) is 5.41. The molecule has 0 radical (unpaired) electrons. The SMILES string of the molecule is C1CCSCC2(CCC2)OC1. The Kier molecular flexibility index (Phi) is 2.42. The minimum atomic E-state index is 0.338. The van der Waals surface area contributed by atoms with Crippen molar-refractivity contribution in [3.63, 3.8) is 0 Å². The molecule has 1 nitrogen and oxygen atoms in total. The van der Waals surface area contributed by atoms with Gasteiger partial charge in [-0.1, -0.05) is 0 Å². The van der Waals surface area contributed by atoms with Crippen LogP contribution in [-0.4, -0.2) is 23.7 Å². The maximum absolute atomic E-state index is 5.89. The van der Waals surface area contributed by atoms with Crippen LogP contribution in [0.3, 0.4) is 0 Å². The standard InChI is InChI=1S/C9H16OS/c1-2-7-11-8-9(10-6-1)4-3-5-9/h1-8H2. The number of thioether (sulfide) groups is 1. The minimum Gasteiger partial charge on any atom is -0.374 e. The van der Waals surface area contributed by atoms with Crippen LogP contribution >= 0.6 is 11.8 Å². The molecule has 2 rings (SSSR count). The summed E-state index contributed by atoms with van der Waals surface area (Å²) in [5, 5.41) is 0. The van der Waals surface area contributed by atoms with Crippen LogP contribution in [0.5, 0.6) is 0 Å². The topological polar surface area (TPSA) is 9.23 Å². The summed E-state index contributed by atoms with van der Waals surface area (Å²) >= 11 is 2.09. The number of ether oxygens (including phenoxy) is 1. The van der Waals surface area contributed by atoms with Crippen molar-refractivity contribution in [3.05, 3.63) is 0 Å². The molecular formula is C9H16OS. The van der Waals surface area contributed by atoms with Gasteiger partial charge in [-0.2, -0.15) is 11.8 Å². The number of rotatable bonds is 0. The molecule has 0 atom stereocenters. The average Bonchev–Trinajstić information content (AvgIpc) is 1.82. The van der Waals surface area contributed by atoms with Gasteiger partial charge < -0.3 is 4.74 Å². The Morgan fingerprint density at radius 3 is 2.73 bits per heavy atom. The van der Waals surface area contributed by atoms with Gasteiger partial charge in [0.05, 0.1) is 5.60 Å². The predicted octanol–water partition coefficient (Wildman–Crippen LogP) is 2.45. The van der Waals surface area contributed by atoms with E-state index < -0.39 is 0 Å². The Morgan fingerprint density at radius 1 is 1.09 bits per heavy atom. The lowest BCUT2D eigenvalue weighted by Gasteiger charge is -2.42. The summed E-state index contributed by atoms with van der Waals surface area (Å²) in [6, 6.07) is 0. The van der Waals surface area contributed by atoms with Crippen molar-refractivity contribution >= 4 is 11.8 Å². The Balaban J connectivity index is 1.86. The van der Waals surface area contributed by atoms with Crippen molar-refractivity contribution in [1.82, 2.24) is 0 Å². The first kappa shape index (κ1) is 7.93. The quantitative estimate of drug-likeness (QED) is 0.555. The van der Waals surface area contributed by atoms with Crippen LogP contribution in [0.2, 0.25) is 0 Å². The van der Waals surface area contributed by atoms with Crippen LogP contribution in [0.1, 0.15) is 32.1 Å². The fourth-order valence-electron chi connectivity index (χ4n) is 1.75. The molecular weight excluding hydrogens is 156 g/mol. The van der Waals surface area contributed by atoms with E-state index in [1.54, 1.807) is 0 Å². The van der Waals surface area contributed by atoms with Crippen LogP contribution in [0, 0.1) is 0 Å². The molecule has 0 aromatic rings. The maximum atomic E-state index is 5.89. The molecule has 0 unspecified atom stereocenters. The van der Waals surface area contributed by atoms with E-state index in [0.717, 1.165) is 6.61 Å². The highest BCUT2D eigenvalue weighted by Gasteiger charge is 2.38. The molecule has 1 saturated carbocycles. The molecule has 2 heteroatoms. The van der Waals surface area contributed by atoms with E-state index >= 15 is 0 Å². The monoisotopic (exact) mass is 172 g/mol. The summed E-state index contributed by atoms with van der Waals surface area (Å²) < 4.78 is 5.89. The summed E-state index contributed by atoms with van der Waals surface area (Å²) in [4.78, 5) is 0. The second-order valence-electron chi connectivity index (χ2n) is 3.64. The van der Waals surface area contributed by atoms with Gasteiger partial charge in [0.25, 0.3) is 0 Å². The largest absolute Gasteiger partial charge is 0.374 e. The van der Waals surface area contributed by atoms with E-state index in [0.29, 0.717) is 5.60 Å². The van der Waals surface area contributed by atoms with Crippen LogP contribution in [-0.2, 0) is 4.74 Å². The maximum Gasteiger partial charge on any atom is 0.0772 e. The molecule has 0 bridgehead atoms. The van der Waals surface area contributed by atoms with Gasteiger partial charge in [0.1, 0.15) is 0 Å². The lowest BCUT2D eigenvalue weighted by molar-refractivity contribution is -0.0830. The van der Waals surface area contributed by atoms with E-state index in [1.165, 1.54) is 43.6 Å². The second-order valence-corrected chi connectivity index (χ2v) is 4.75. The first-order valence-corrected chi connectivity index (χ1v) is 5.79. The average molecular weight is 172 g/mol. The van der Waals surface area contributed by atoms with Crippen LogP contribution < -0.4 is 0 Å². The van der Waals surface area contributed by atoms with Crippen LogP contribution in [0.4, 0.5) is 0 Å². The van der Waals surface area contributed by atoms with Crippen molar-refractivity contribution in [2.75, 3.05) is 18.1 Å². The smallest absolute Gasteiger partial charge is 0.0772 e. The molecule has 0 aromatic carbocycles. The van der Waals surface area contributed by atoms with E-state index in [-0.39, 0.29) is 0 Å². The number of hydrogen-bond acceptors (Lipinski definition) is 2. The van der Waals surface area contributed by atoms with Crippen molar-refractivity contribution in [2.24, 2.45) is 0 Å². The highest BCUT2D eigenvalue weighted by atomic mass is 32.2. The van der Waals surface area contributed by atoms with Gasteiger partial charge >= 0.3 is 0 Å². The molecule has 0 N–H and O–H groups in total. The fourth-order valence-corrected chi connectivity index (χ4v) is 3.05. The van der Waals surface area contributed by atoms with Gasteiger partial charge in [0, 0.05) is 12.4 Å². The second kappa shape index (κ2) is 3.36. The lowest BCUT2D eigenvalue weighted by Crippen LogP contribution is -2.43. The Hall–Kier alpha value is 0.310. The highest BCUT2D eigenvalue weighted by Crippen LogP contribution is 2.39. The molecule has 1 aliphatic heterocycles. The van der Waals surface area contributed by atoms with Crippen LogP contribution in [0.25, 0.3) is 0 Å². The van der Waals surface area contributed by atoms with Gasteiger partial charge in [0.15, 0.2) is 0 Å². The van der Waals surface area contributed by atoms with Gasteiger partial charge in [-0.15, -0.1) is 0 Å². The predicted molar refractivity (Wildman–Crippen MR) is 49.1 cm³/mol. The summed E-state index contributed by atoms with van der Waals surface area (Å²) in [6.45, 7) is 1.01. The van der Waals surface area contributed by atoms with E-state index in [4.69, 9.17) is 4.74 Å². The molecule has 0 aromatic heterocycles. The Morgan fingerprint density at radius 2 is 2.00 bits per heavy atom. The third-order valence-corrected chi connectivity index (χ3v) is 4.03. The zero-order valence-corrected chi connectivity index (χ0v) is 7.79. The minimum absolute atomic E-state index is 0.338. The Labute approximate surface area is 72.9 Å². The zero-order chi connectivity index (χ0) is 7.57. The highest BCUT2D eigenvalue weighted by molar-refractivity contribution is 7.99. The summed E-state index contributed by atoms with van der Waals surface area (Å²) in [5.74, 6) is 2.61. The summed E-state index contributed by atoms with van der Waals surface area (Å²) in [6.07, 6.45) is 6.65. The van der Waals surface area contributed by atoms with Crippen molar-refractivity contribution in [1.29, 1.82) is 0 Å². The summed E-state index contributed by atoms with van der Waals surface area (Å²) in [7, 11) is 0. The lowest BCUT2D eigenvalue weighted by atomic mass is 9.81. The third kappa shape index (κ3) is 1.73. The van der Waals surface area contributed by atoms with E-state index in [2.05, 4.69) is 11.8 Å². The normalized spacial score (nSPS) is 30.5. The fraction of sp³-hybridized carbons (Fsp3) is 1.00. The summed E-state index contributed by atoms with van der Waals surface area (Å²) in [5.41, 5.74) is 0.338. The van der Waals surface area contributed by atoms with Gasteiger partial charge in [-0.3, -0.25) is 0 Å².